The van der Waals surface area contributed by atoms with E-state index in [-0.39, 0.29) is 16.4 Å². The molecule has 3 aromatic rings. The van der Waals surface area contributed by atoms with Gasteiger partial charge in [0, 0.05) is 28.6 Å². The first kappa shape index (κ1) is 21.7. The highest BCUT2D eigenvalue weighted by Gasteiger charge is 2.15. The van der Waals surface area contributed by atoms with Gasteiger partial charge >= 0.3 is 0 Å². The van der Waals surface area contributed by atoms with Crippen molar-refractivity contribution in [3.05, 3.63) is 75.2 Å². The van der Waals surface area contributed by atoms with E-state index in [9.17, 15) is 20.2 Å². The van der Waals surface area contributed by atoms with E-state index >= 15 is 0 Å². The van der Waals surface area contributed by atoms with Crippen LogP contribution in [0.15, 0.2) is 59.5 Å². The lowest BCUT2D eigenvalue weighted by atomic mass is 10.1. The van der Waals surface area contributed by atoms with Crippen LogP contribution in [0.3, 0.4) is 0 Å². The van der Waals surface area contributed by atoms with Gasteiger partial charge in [-0.1, -0.05) is 37.3 Å². The SMILES string of the molecule is CCCOc1ccccc1/C=C(\C#N)C(=O)Nc1nc(-c2cccc([N+](=O)[O-])c2)cs1. The molecule has 1 amide bonds. The molecular weight excluding hydrogens is 416 g/mol. The first-order valence-corrected chi connectivity index (χ1v) is 10.2. The Morgan fingerprint density at radius 1 is 1.32 bits per heavy atom. The van der Waals surface area contributed by atoms with Crippen LogP contribution in [-0.4, -0.2) is 22.4 Å². The molecule has 156 valence electrons. The number of benzene rings is 2. The second-order valence-corrected chi connectivity index (χ2v) is 7.21. The van der Waals surface area contributed by atoms with E-state index in [0.29, 0.717) is 29.2 Å². The number of aromatic nitrogens is 1. The normalized spacial score (nSPS) is 10.9. The van der Waals surface area contributed by atoms with Gasteiger partial charge in [-0.05, 0) is 18.6 Å². The molecule has 0 unspecified atom stereocenters. The summed E-state index contributed by atoms with van der Waals surface area (Å²) in [6, 6.07) is 15.1. The molecule has 2 aromatic carbocycles. The Balaban J connectivity index is 1.78. The molecule has 0 saturated heterocycles. The Morgan fingerprint density at radius 2 is 2.13 bits per heavy atom. The Hall–Kier alpha value is -4.03. The van der Waals surface area contributed by atoms with Crippen molar-refractivity contribution in [1.82, 2.24) is 4.98 Å². The van der Waals surface area contributed by atoms with Gasteiger partial charge in [0.1, 0.15) is 17.4 Å². The number of para-hydroxylation sites is 1. The van der Waals surface area contributed by atoms with Gasteiger partial charge in [0.2, 0.25) is 0 Å². The highest BCUT2D eigenvalue weighted by Crippen LogP contribution is 2.28. The second kappa shape index (κ2) is 10.1. The maximum atomic E-state index is 12.6. The molecule has 1 aromatic heterocycles. The molecule has 8 nitrogen and oxygen atoms in total. The molecule has 0 aliphatic heterocycles. The number of ether oxygens (including phenoxy) is 1. The van der Waals surface area contributed by atoms with Crippen molar-refractivity contribution in [3.8, 4) is 23.1 Å². The fourth-order valence-corrected chi connectivity index (χ4v) is 3.37. The average Bonchev–Trinajstić information content (AvgIpc) is 3.25. The van der Waals surface area contributed by atoms with Crippen LogP contribution in [0.25, 0.3) is 17.3 Å². The van der Waals surface area contributed by atoms with Crippen LogP contribution in [0, 0.1) is 21.4 Å². The number of hydrogen-bond donors (Lipinski definition) is 1. The largest absolute Gasteiger partial charge is 0.493 e. The standard InChI is InChI=1S/C22H18N4O4S/c1-2-10-30-20-9-4-3-6-16(20)11-17(13-23)21(27)25-22-24-19(14-31-22)15-7-5-8-18(12-15)26(28)29/h3-9,11-12,14H,2,10H2,1H3,(H,24,25,27)/b17-11+. The number of non-ortho nitro benzene ring substituents is 1. The first-order chi connectivity index (χ1) is 15.0. The van der Waals surface area contributed by atoms with Crippen molar-refractivity contribution >= 4 is 34.1 Å². The number of rotatable bonds is 8. The number of amides is 1. The summed E-state index contributed by atoms with van der Waals surface area (Å²) in [6.45, 7) is 2.51. The lowest BCUT2D eigenvalue weighted by Gasteiger charge is -2.08. The topological polar surface area (TPSA) is 118 Å². The number of nitriles is 1. The van der Waals surface area contributed by atoms with Crippen molar-refractivity contribution in [3.63, 3.8) is 0 Å². The fourth-order valence-electron chi connectivity index (χ4n) is 2.65. The van der Waals surface area contributed by atoms with E-state index in [0.717, 1.165) is 17.8 Å². The third-order valence-electron chi connectivity index (χ3n) is 4.12. The van der Waals surface area contributed by atoms with E-state index < -0.39 is 10.8 Å². The smallest absolute Gasteiger partial charge is 0.270 e. The van der Waals surface area contributed by atoms with E-state index in [1.165, 1.54) is 18.2 Å². The summed E-state index contributed by atoms with van der Waals surface area (Å²) in [6.07, 6.45) is 2.30. The first-order valence-electron chi connectivity index (χ1n) is 9.37. The summed E-state index contributed by atoms with van der Waals surface area (Å²) in [7, 11) is 0. The minimum atomic E-state index is -0.604. The van der Waals surface area contributed by atoms with Crippen LogP contribution in [0.2, 0.25) is 0 Å². The Kier molecular flexibility index (Phi) is 7.09. The second-order valence-electron chi connectivity index (χ2n) is 6.36. The molecule has 0 bridgehead atoms. The van der Waals surface area contributed by atoms with Gasteiger partial charge in [-0.15, -0.1) is 11.3 Å². The van der Waals surface area contributed by atoms with E-state index in [1.54, 1.807) is 35.7 Å². The molecule has 1 heterocycles. The van der Waals surface area contributed by atoms with Gasteiger partial charge in [-0.2, -0.15) is 5.26 Å². The molecule has 0 saturated carbocycles. The molecule has 0 aliphatic rings. The highest BCUT2D eigenvalue weighted by atomic mass is 32.1. The molecule has 0 aliphatic carbocycles. The van der Waals surface area contributed by atoms with Gasteiger partial charge in [0.15, 0.2) is 5.13 Å². The summed E-state index contributed by atoms with van der Waals surface area (Å²) in [5.74, 6) is -0.0140. The van der Waals surface area contributed by atoms with Gasteiger partial charge in [-0.3, -0.25) is 20.2 Å². The maximum absolute atomic E-state index is 12.6. The molecule has 0 radical (unpaired) electrons. The quantitative estimate of drug-likeness (QED) is 0.229. The van der Waals surface area contributed by atoms with Crippen LogP contribution >= 0.6 is 11.3 Å². The van der Waals surface area contributed by atoms with Crippen LogP contribution in [0.5, 0.6) is 5.75 Å². The van der Waals surface area contributed by atoms with E-state index in [1.807, 2.05) is 19.1 Å². The van der Waals surface area contributed by atoms with Crippen LogP contribution in [0.4, 0.5) is 10.8 Å². The van der Waals surface area contributed by atoms with Gasteiger partial charge in [0.25, 0.3) is 11.6 Å². The van der Waals surface area contributed by atoms with Crippen molar-refractivity contribution in [2.24, 2.45) is 0 Å². The summed E-state index contributed by atoms with van der Waals surface area (Å²) < 4.78 is 5.66. The van der Waals surface area contributed by atoms with Crippen molar-refractivity contribution < 1.29 is 14.5 Å². The minimum Gasteiger partial charge on any atom is -0.493 e. The average molecular weight is 434 g/mol. The predicted molar refractivity (Wildman–Crippen MR) is 119 cm³/mol. The van der Waals surface area contributed by atoms with Crippen LogP contribution < -0.4 is 10.1 Å². The zero-order valence-electron chi connectivity index (χ0n) is 16.6. The number of nitro groups is 1. The third-order valence-corrected chi connectivity index (χ3v) is 4.88. The summed E-state index contributed by atoms with van der Waals surface area (Å²) in [5.41, 5.74) is 1.53. The van der Waals surface area contributed by atoms with Crippen LogP contribution in [-0.2, 0) is 4.79 Å². The number of nitrogens with zero attached hydrogens (tertiary/aromatic N) is 3. The Labute approximate surface area is 182 Å². The number of nitrogens with one attached hydrogen (secondary N) is 1. The molecule has 0 atom stereocenters. The van der Waals surface area contributed by atoms with Crippen molar-refractivity contribution in [1.29, 1.82) is 5.26 Å². The molecular formula is C22H18N4O4S. The lowest BCUT2D eigenvalue weighted by Crippen LogP contribution is -2.13. The zero-order chi connectivity index (χ0) is 22.2. The Morgan fingerprint density at radius 3 is 2.87 bits per heavy atom. The molecule has 31 heavy (non-hydrogen) atoms. The summed E-state index contributed by atoms with van der Waals surface area (Å²) in [5, 5.41) is 25.0. The minimum absolute atomic E-state index is 0.0465. The highest BCUT2D eigenvalue weighted by molar-refractivity contribution is 7.14. The molecule has 3 rings (SSSR count). The molecule has 1 N–H and O–H groups in total. The number of nitro benzene ring substituents is 1. The zero-order valence-corrected chi connectivity index (χ0v) is 17.4. The number of carbonyl (C=O) groups excluding carboxylic acids is 1. The van der Waals surface area contributed by atoms with Crippen molar-refractivity contribution in [2.75, 3.05) is 11.9 Å². The Bertz CT molecular complexity index is 1180. The van der Waals surface area contributed by atoms with Crippen LogP contribution in [0.1, 0.15) is 18.9 Å². The number of hydrogen-bond acceptors (Lipinski definition) is 7. The number of anilines is 1. The molecule has 0 spiro atoms. The van der Waals surface area contributed by atoms with Gasteiger partial charge in [-0.25, -0.2) is 4.98 Å². The van der Waals surface area contributed by atoms with Gasteiger partial charge < -0.3 is 4.74 Å². The fraction of sp³-hybridized carbons (Fsp3) is 0.136. The monoisotopic (exact) mass is 434 g/mol. The summed E-state index contributed by atoms with van der Waals surface area (Å²) in [4.78, 5) is 27.4. The number of carbonyl (C=O) groups is 1. The maximum Gasteiger partial charge on any atom is 0.270 e. The molecule has 0 fully saturated rings. The summed E-state index contributed by atoms with van der Waals surface area (Å²) >= 11 is 1.16. The molecule has 9 heteroatoms. The van der Waals surface area contributed by atoms with Gasteiger partial charge in [0.05, 0.1) is 17.2 Å². The predicted octanol–water partition coefficient (Wildman–Crippen LogP) is 5.05. The lowest BCUT2D eigenvalue weighted by molar-refractivity contribution is -0.384. The van der Waals surface area contributed by atoms with E-state index in [4.69, 9.17) is 4.74 Å². The van der Waals surface area contributed by atoms with E-state index in [2.05, 4.69) is 10.3 Å². The third kappa shape index (κ3) is 5.52. The van der Waals surface area contributed by atoms with Crippen molar-refractivity contribution in [2.45, 2.75) is 13.3 Å². The number of thiazole rings is 1.